The summed E-state index contributed by atoms with van der Waals surface area (Å²) in [6, 6.07) is 3.09. The Morgan fingerprint density at radius 2 is 2.04 bits per heavy atom. The van der Waals surface area contributed by atoms with Crippen LogP contribution in [0.5, 0.6) is 0 Å². The highest BCUT2D eigenvalue weighted by Crippen LogP contribution is 2.35. The molecule has 0 radical (unpaired) electrons. The molecule has 0 bridgehead atoms. The number of carbonyl (C=O) groups is 3. The van der Waals surface area contributed by atoms with Gasteiger partial charge in [0.15, 0.2) is 0 Å². The van der Waals surface area contributed by atoms with Crippen LogP contribution in [-0.4, -0.2) is 48.2 Å². The van der Waals surface area contributed by atoms with Crippen LogP contribution in [0.1, 0.15) is 19.3 Å². The van der Waals surface area contributed by atoms with E-state index in [4.69, 9.17) is 11.6 Å². The SMILES string of the molecule is C=C[C@@H]1C[C@@H](C(=O)N(C)C)CC[C@@H]1CNC(=O)C(=O)Nc1ccc(Cl)cn1. The zero-order valence-electron chi connectivity index (χ0n) is 15.6. The van der Waals surface area contributed by atoms with E-state index in [0.717, 1.165) is 12.8 Å². The Morgan fingerprint density at radius 3 is 2.63 bits per heavy atom. The summed E-state index contributed by atoms with van der Waals surface area (Å²) >= 11 is 5.73. The van der Waals surface area contributed by atoms with Gasteiger partial charge in [0.05, 0.1) is 5.02 Å². The van der Waals surface area contributed by atoms with Crippen LogP contribution in [0.3, 0.4) is 0 Å². The third-order valence-electron chi connectivity index (χ3n) is 4.84. The standard InChI is InChI=1S/C19H25ClN4O3/c1-4-12-9-13(19(27)24(2)3)5-6-14(12)10-22-17(25)18(26)23-16-8-7-15(20)11-21-16/h4,7-8,11-14H,1,5-6,9-10H2,2-3H3,(H,22,25)(H,21,23,26)/t12-,13+,14-/m1/s1. The lowest BCUT2D eigenvalue weighted by Gasteiger charge is -2.35. The number of hydrogen-bond donors (Lipinski definition) is 2. The Hall–Kier alpha value is -2.41. The van der Waals surface area contributed by atoms with Crippen molar-refractivity contribution in [3.05, 3.63) is 36.0 Å². The molecule has 3 amide bonds. The van der Waals surface area contributed by atoms with Gasteiger partial charge in [0.2, 0.25) is 5.91 Å². The van der Waals surface area contributed by atoms with Crippen LogP contribution in [0.15, 0.2) is 31.0 Å². The molecule has 1 saturated carbocycles. The number of halogens is 1. The van der Waals surface area contributed by atoms with E-state index in [1.54, 1.807) is 25.1 Å². The lowest BCUT2D eigenvalue weighted by atomic mass is 9.73. The summed E-state index contributed by atoms with van der Waals surface area (Å²) in [5, 5.41) is 5.53. The summed E-state index contributed by atoms with van der Waals surface area (Å²) in [4.78, 5) is 41.7. The van der Waals surface area contributed by atoms with Gasteiger partial charge in [-0.3, -0.25) is 14.4 Å². The van der Waals surface area contributed by atoms with Gasteiger partial charge in [-0.05, 0) is 43.2 Å². The molecule has 27 heavy (non-hydrogen) atoms. The van der Waals surface area contributed by atoms with E-state index in [9.17, 15) is 14.4 Å². The number of aromatic nitrogens is 1. The smallest absolute Gasteiger partial charge is 0.314 e. The number of nitrogens with zero attached hydrogens (tertiary/aromatic N) is 2. The Balaban J connectivity index is 1.85. The summed E-state index contributed by atoms with van der Waals surface area (Å²) < 4.78 is 0. The number of anilines is 1. The molecule has 1 heterocycles. The van der Waals surface area contributed by atoms with Crippen LogP contribution in [0.25, 0.3) is 0 Å². The van der Waals surface area contributed by atoms with Crippen molar-refractivity contribution in [3.8, 4) is 0 Å². The first-order chi connectivity index (χ1) is 12.8. The first kappa shape index (κ1) is 20.9. The lowest BCUT2D eigenvalue weighted by Crippen LogP contribution is -2.42. The number of allylic oxidation sites excluding steroid dienone is 1. The van der Waals surface area contributed by atoms with Crippen molar-refractivity contribution in [3.63, 3.8) is 0 Å². The van der Waals surface area contributed by atoms with Crippen molar-refractivity contribution in [2.24, 2.45) is 17.8 Å². The summed E-state index contributed by atoms with van der Waals surface area (Å²) in [6.07, 6.45) is 5.49. The Morgan fingerprint density at radius 1 is 1.30 bits per heavy atom. The zero-order chi connectivity index (χ0) is 20.0. The minimum absolute atomic E-state index is 0.0192. The van der Waals surface area contributed by atoms with E-state index in [1.807, 2.05) is 6.08 Å². The second-order valence-corrected chi connectivity index (χ2v) is 7.36. The summed E-state index contributed by atoms with van der Waals surface area (Å²) in [5.41, 5.74) is 0. The third-order valence-corrected chi connectivity index (χ3v) is 5.06. The van der Waals surface area contributed by atoms with Gasteiger partial charge >= 0.3 is 11.8 Å². The maximum absolute atomic E-state index is 12.2. The van der Waals surface area contributed by atoms with Gasteiger partial charge in [0.25, 0.3) is 0 Å². The minimum atomic E-state index is -0.781. The number of amides is 3. The molecule has 1 aromatic rings. The molecular formula is C19H25ClN4O3. The average Bonchev–Trinajstić information content (AvgIpc) is 2.66. The second-order valence-electron chi connectivity index (χ2n) is 6.93. The molecule has 0 unspecified atom stereocenters. The largest absolute Gasteiger partial charge is 0.349 e. The highest BCUT2D eigenvalue weighted by atomic mass is 35.5. The van der Waals surface area contributed by atoms with E-state index in [2.05, 4.69) is 22.2 Å². The van der Waals surface area contributed by atoms with Gasteiger partial charge < -0.3 is 15.5 Å². The molecule has 2 rings (SSSR count). The minimum Gasteiger partial charge on any atom is -0.349 e. The number of hydrogen-bond acceptors (Lipinski definition) is 4. The van der Waals surface area contributed by atoms with Crippen LogP contribution < -0.4 is 10.6 Å². The van der Waals surface area contributed by atoms with Crippen LogP contribution in [0.4, 0.5) is 5.82 Å². The van der Waals surface area contributed by atoms with Crippen LogP contribution >= 0.6 is 11.6 Å². The second kappa shape index (κ2) is 9.50. The number of pyridine rings is 1. The van der Waals surface area contributed by atoms with Crippen molar-refractivity contribution in [1.82, 2.24) is 15.2 Å². The van der Waals surface area contributed by atoms with Gasteiger partial charge in [0.1, 0.15) is 5.82 Å². The molecule has 1 aliphatic rings. The molecular weight excluding hydrogens is 368 g/mol. The molecule has 1 aromatic heterocycles. The van der Waals surface area contributed by atoms with Gasteiger partial charge in [0, 0.05) is 32.8 Å². The van der Waals surface area contributed by atoms with Crippen molar-refractivity contribution in [2.75, 3.05) is 26.0 Å². The molecule has 146 valence electrons. The maximum atomic E-state index is 12.2. The highest BCUT2D eigenvalue weighted by Gasteiger charge is 2.33. The Labute approximate surface area is 164 Å². The predicted molar refractivity (Wildman–Crippen MR) is 104 cm³/mol. The monoisotopic (exact) mass is 392 g/mol. The molecule has 3 atom stereocenters. The average molecular weight is 393 g/mol. The Bertz CT molecular complexity index is 705. The number of nitrogens with one attached hydrogen (secondary N) is 2. The van der Waals surface area contributed by atoms with Gasteiger partial charge in [-0.15, -0.1) is 6.58 Å². The number of carbonyl (C=O) groups excluding carboxylic acids is 3. The van der Waals surface area contributed by atoms with E-state index in [1.165, 1.54) is 12.3 Å². The van der Waals surface area contributed by atoms with Crippen molar-refractivity contribution in [2.45, 2.75) is 19.3 Å². The Kier molecular flexibility index (Phi) is 7.36. The van der Waals surface area contributed by atoms with Crippen molar-refractivity contribution in [1.29, 1.82) is 0 Å². The van der Waals surface area contributed by atoms with Gasteiger partial charge in [-0.25, -0.2) is 4.98 Å². The fourth-order valence-corrected chi connectivity index (χ4v) is 3.44. The fraction of sp³-hybridized carbons (Fsp3) is 0.474. The van der Waals surface area contributed by atoms with Gasteiger partial charge in [-0.1, -0.05) is 17.7 Å². The summed E-state index contributed by atoms with van der Waals surface area (Å²) in [6.45, 7) is 4.22. The number of rotatable bonds is 5. The van der Waals surface area contributed by atoms with Crippen LogP contribution in [-0.2, 0) is 14.4 Å². The first-order valence-corrected chi connectivity index (χ1v) is 9.24. The normalized spacial score (nSPS) is 21.8. The van der Waals surface area contributed by atoms with E-state index < -0.39 is 11.8 Å². The maximum Gasteiger partial charge on any atom is 0.314 e. The van der Waals surface area contributed by atoms with E-state index >= 15 is 0 Å². The molecule has 0 aliphatic heterocycles. The van der Waals surface area contributed by atoms with Crippen LogP contribution in [0, 0.1) is 17.8 Å². The molecule has 1 fully saturated rings. The summed E-state index contributed by atoms with van der Waals surface area (Å²) in [5.74, 6) is -0.870. The lowest BCUT2D eigenvalue weighted by molar-refractivity contribution is -0.136. The van der Waals surface area contributed by atoms with Gasteiger partial charge in [-0.2, -0.15) is 0 Å². The molecule has 0 spiro atoms. The molecule has 0 saturated heterocycles. The fourth-order valence-electron chi connectivity index (χ4n) is 3.33. The van der Waals surface area contributed by atoms with Crippen molar-refractivity contribution >= 4 is 35.1 Å². The van der Waals surface area contributed by atoms with E-state index in [-0.39, 0.29) is 29.5 Å². The highest BCUT2D eigenvalue weighted by molar-refractivity contribution is 6.39. The first-order valence-electron chi connectivity index (χ1n) is 8.86. The molecule has 1 aliphatic carbocycles. The van der Waals surface area contributed by atoms with E-state index in [0.29, 0.717) is 18.0 Å². The third kappa shape index (κ3) is 5.79. The molecule has 7 nitrogen and oxygen atoms in total. The predicted octanol–water partition coefficient (Wildman–Crippen LogP) is 2.10. The molecule has 0 aromatic carbocycles. The zero-order valence-corrected chi connectivity index (χ0v) is 16.3. The van der Waals surface area contributed by atoms with Crippen molar-refractivity contribution < 1.29 is 14.4 Å². The topological polar surface area (TPSA) is 91.4 Å². The van der Waals surface area contributed by atoms with Crippen LogP contribution in [0.2, 0.25) is 5.02 Å². The summed E-state index contributed by atoms with van der Waals surface area (Å²) in [7, 11) is 3.51. The quantitative estimate of drug-likeness (QED) is 0.593. The molecule has 8 heteroatoms. The molecule has 2 N–H and O–H groups in total.